The van der Waals surface area contributed by atoms with Crippen LogP contribution in [0, 0.1) is 6.92 Å². The molecule has 35 heavy (non-hydrogen) atoms. The fraction of sp³-hybridized carbons (Fsp3) is 0.154. The Morgan fingerprint density at radius 3 is 2.31 bits per heavy atom. The second kappa shape index (κ2) is 12.5. The summed E-state index contributed by atoms with van der Waals surface area (Å²) in [7, 11) is 0. The average Bonchev–Trinajstić information content (AvgIpc) is 2.86. The first kappa shape index (κ1) is 25.0. The van der Waals surface area contributed by atoms with Crippen molar-refractivity contribution in [3.05, 3.63) is 83.9 Å². The number of nitrogens with zero attached hydrogens (tertiary/aromatic N) is 1. The minimum Gasteiger partial charge on any atom is -0.494 e. The van der Waals surface area contributed by atoms with E-state index in [2.05, 4.69) is 21.2 Å². The highest BCUT2D eigenvalue weighted by atomic mass is 16.5. The van der Waals surface area contributed by atoms with Crippen LogP contribution in [0.1, 0.15) is 18.1 Å². The maximum Gasteiger partial charge on any atom is 0.329 e. The smallest absolute Gasteiger partial charge is 0.329 e. The number of hydrogen-bond donors (Lipinski definition) is 3. The molecule has 3 amide bonds. The fourth-order valence-electron chi connectivity index (χ4n) is 2.96. The summed E-state index contributed by atoms with van der Waals surface area (Å²) in [5, 5.41) is 9.10. The van der Waals surface area contributed by atoms with E-state index in [9.17, 15) is 14.4 Å². The Bertz CT molecular complexity index is 1210. The van der Waals surface area contributed by atoms with Crippen LogP contribution in [-0.2, 0) is 14.4 Å². The number of hydrazone groups is 1. The first-order valence-electron chi connectivity index (χ1n) is 10.9. The largest absolute Gasteiger partial charge is 0.494 e. The SMILES string of the molecule is CCOc1ccc(NC(=O)COc2ccccc2/C=N\NC(=O)C(=O)Nc2ccccc2C)cc1. The second-order valence-corrected chi connectivity index (χ2v) is 7.30. The number of carbonyl (C=O) groups excluding carboxylic acids is 3. The molecule has 3 aromatic carbocycles. The van der Waals surface area contributed by atoms with Crippen LogP contribution in [-0.4, -0.2) is 37.1 Å². The minimum absolute atomic E-state index is 0.233. The number of para-hydroxylation sites is 2. The summed E-state index contributed by atoms with van der Waals surface area (Å²) in [6.45, 7) is 4.05. The van der Waals surface area contributed by atoms with E-state index in [1.807, 2.05) is 26.0 Å². The number of anilines is 2. The van der Waals surface area contributed by atoms with Gasteiger partial charge in [0.2, 0.25) is 0 Å². The van der Waals surface area contributed by atoms with E-state index < -0.39 is 11.8 Å². The van der Waals surface area contributed by atoms with Gasteiger partial charge in [0.15, 0.2) is 6.61 Å². The molecule has 180 valence electrons. The minimum atomic E-state index is -0.919. The maximum absolute atomic E-state index is 12.3. The molecule has 0 unspecified atom stereocenters. The van der Waals surface area contributed by atoms with Crippen molar-refractivity contribution >= 4 is 35.3 Å². The zero-order valence-corrected chi connectivity index (χ0v) is 19.4. The van der Waals surface area contributed by atoms with E-state index in [1.54, 1.807) is 60.7 Å². The second-order valence-electron chi connectivity index (χ2n) is 7.30. The molecule has 0 saturated heterocycles. The lowest BCUT2D eigenvalue weighted by Crippen LogP contribution is -2.32. The van der Waals surface area contributed by atoms with Crippen LogP contribution >= 0.6 is 0 Å². The van der Waals surface area contributed by atoms with Gasteiger partial charge in [-0.3, -0.25) is 14.4 Å². The Labute approximate surface area is 203 Å². The molecule has 0 bridgehead atoms. The number of rotatable bonds is 9. The Morgan fingerprint density at radius 1 is 0.857 bits per heavy atom. The first-order chi connectivity index (χ1) is 17.0. The third kappa shape index (κ3) is 7.71. The number of ether oxygens (including phenoxy) is 2. The molecule has 3 N–H and O–H groups in total. The molecule has 3 rings (SSSR count). The predicted octanol–water partition coefficient (Wildman–Crippen LogP) is 3.50. The molecule has 0 fully saturated rings. The number of amides is 3. The van der Waals surface area contributed by atoms with Gasteiger partial charge in [0.25, 0.3) is 5.91 Å². The lowest BCUT2D eigenvalue weighted by atomic mass is 10.2. The molecule has 0 radical (unpaired) electrons. The highest BCUT2D eigenvalue weighted by Gasteiger charge is 2.14. The van der Waals surface area contributed by atoms with Crippen LogP contribution in [0.4, 0.5) is 11.4 Å². The number of nitrogens with one attached hydrogen (secondary N) is 3. The topological polar surface area (TPSA) is 118 Å². The molecule has 0 aliphatic carbocycles. The zero-order chi connectivity index (χ0) is 25.0. The van der Waals surface area contributed by atoms with Gasteiger partial charge >= 0.3 is 11.8 Å². The number of hydrogen-bond acceptors (Lipinski definition) is 6. The molecule has 3 aromatic rings. The van der Waals surface area contributed by atoms with Crippen LogP contribution in [0.15, 0.2) is 77.9 Å². The number of carbonyl (C=O) groups is 3. The van der Waals surface area contributed by atoms with Gasteiger partial charge in [0, 0.05) is 16.9 Å². The Kier molecular flexibility index (Phi) is 8.95. The van der Waals surface area contributed by atoms with Crippen molar-refractivity contribution in [1.29, 1.82) is 0 Å². The van der Waals surface area contributed by atoms with Gasteiger partial charge in [0.05, 0.1) is 12.8 Å². The number of benzene rings is 3. The zero-order valence-electron chi connectivity index (χ0n) is 19.4. The Hall–Kier alpha value is -4.66. The Morgan fingerprint density at radius 2 is 1.57 bits per heavy atom. The van der Waals surface area contributed by atoms with Crippen LogP contribution in [0.25, 0.3) is 0 Å². The lowest BCUT2D eigenvalue weighted by molar-refractivity contribution is -0.136. The third-order valence-electron chi connectivity index (χ3n) is 4.70. The van der Waals surface area contributed by atoms with E-state index in [0.29, 0.717) is 29.3 Å². The van der Waals surface area contributed by atoms with Crippen molar-refractivity contribution in [3.63, 3.8) is 0 Å². The Balaban J connectivity index is 1.51. The van der Waals surface area contributed by atoms with Crippen molar-refractivity contribution in [1.82, 2.24) is 5.43 Å². The van der Waals surface area contributed by atoms with Crippen molar-refractivity contribution in [2.75, 3.05) is 23.8 Å². The van der Waals surface area contributed by atoms with Gasteiger partial charge in [-0.15, -0.1) is 0 Å². The summed E-state index contributed by atoms with van der Waals surface area (Å²) in [5.41, 5.74) is 4.68. The highest BCUT2D eigenvalue weighted by Crippen LogP contribution is 2.18. The molecule has 0 aliphatic rings. The standard InChI is InChI=1S/C26H26N4O5/c1-3-34-21-14-12-20(13-15-21)28-24(31)17-35-23-11-7-5-9-19(23)16-27-30-26(33)25(32)29-22-10-6-4-8-18(22)2/h4-16H,3,17H2,1-2H3,(H,28,31)(H,29,32)(H,30,33)/b27-16-. The predicted molar refractivity (Wildman–Crippen MR) is 134 cm³/mol. The summed E-state index contributed by atoms with van der Waals surface area (Å²) in [5.74, 6) is -1.00. The fourth-order valence-corrected chi connectivity index (χ4v) is 2.96. The monoisotopic (exact) mass is 474 g/mol. The average molecular weight is 475 g/mol. The molecular formula is C26H26N4O5. The van der Waals surface area contributed by atoms with Gasteiger partial charge in [-0.1, -0.05) is 30.3 Å². The summed E-state index contributed by atoms with van der Waals surface area (Å²) < 4.78 is 11.0. The lowest BCUT2D eigenvalue weighted by Gasteiger charge is -2.10. The highest BCUT2D eigenvalue weighted by molar-refractivity contribution is 6.39. The van der Waals surface area contributed by atoms with Gasteiger partial charge in [-0.05, 0) is 61.9 Å². The summed E-state index contributed by atoms with van der Waals surface area (Å²) in [6.07, 6.45) is 1.33. The van der Waals surface area contributed by atoms with E-state index >= 15 is 0 Å². The van der Waals surface area contributed by atoms with Crippen molar-refractivity contribution < 1.29 is 23.9 Å². The van der Waals surface area contributed by atoms with E-state index in [0.717, 1.165) is 11.3 Å². The molecule has 0 atom stereocenters. The molecule has 0 aliphatic heterocycles. The van der Waals surface area contributed by atoms with Crippen molar-refractivity contribution in [2.24, 2.45) is 5.10 Å². The third-order valence-corrected chi connectivity index (χ3v) is 4.70. The molecule has 9 nitrogen and oxygen atoms in total. The van der Waals surface area contributed by atoms with Gasteiger partial charge in [0.1, 0.15) is 11.5 Å². The molecule has 0 spiro atoms. The van der Waals surface area contributed by atoms with Gasteiger partial charge < -0.3 is 20.1 Å². The molecule has 0 saturated carbocycles. The molecule has 9 heteroatoms. The van der Waals surface area contributed by atoms with Gasteiger partial charge in [-0.2, -0.15) is 5.10 Å². The van der Waals surface area contributed by atoms with E-state index in [-0.39, 0.29) is 12.5 Å². The van der Waals surface area contributed by atoms with Crippen LogP contribution in [0.3, 0.4) is 0 Å². The number of aryl methyl sites for hydroxylation is 1. The molecular weight excluding hydrogens is 448 g/mol. The van der Waals surface area contributed by atoms with Gasteiger partial charge in [-0.25, -0.2) is 5.43 Å². The van der Waals surface area contributed by atoms with E-state index in [4.69, 9.17) is 9.47 Å². The van der Waals surface area contributed by atoms with E-state index in [1.165, 1.54) is 6.21 Å². The molecule has 0 heterocycles. The van der Waals surface area contributed by atoms with Crippen molar-refractivity contribution in [3.8, 4) is 11.5 Å². The first-order valence-corrected chi connectivity index (χ1v) is 10.9. The molecule has 0 aromatic heterocycles. The van der Waals surface area contributed by atoms with Crippen LogP contribution in [0.5, 0.6) is 11.5 Å². The quantitative estimate of drug-likeness (QED) is 0.249. The van der Waals surface area contributed by atoms with Crippen LogP contribution < -0.4 is 25.5 Å². The van der Waals surface area contributed by atoms with Crippen LogP contribution in [0.2, 0.25) is 0 Å². The normalized spacial score (nSPS) is 10.5. The summed E-state index contributed by atoms with van der Waals surface area (Å²) >= 11 is 0. The summed E-state index contributed by atoms with van der Waals surface area (Å²) in [6, 6.07) is 21.0. The maximum atomic E-state index is 12.3. The van der Waals surface area contributed by atoms with Crippen molar-refractivity contribution in [2.45, 2.75) is 13.8 Å². The summed E-state index contributed by atoms with van der Waals surface area (Å²) in [4.78, 5) is 36.4.